The molecule has 1 heterocycles. The number of aryl methyl sites for hydroxylation is 1. The number of pyridine rings is 1. The second-order valence-electron chi connectivity index (χ2n) is 3.17. The molecule has 0 bridgehead atoms. The van der Waals surface area contributed by atoms with Gasteiger partial charge in [-0.15, -0.1) is 0 Å². The molecular weight excluding hydrogens is 176 g/mol. The third kappa shape index (κ3) is 3.85. The Morgan fingerprint density at radius 1 is 1.50 bits per heavy atom. The van der Waals surface area contributed by atoms with E-state index in [1.807, 2.05) is 6.07 Å². The summed E-state index contributed by atoms with van der Waals surface area (Å²) in [4.78, 5) is 4.25. The molecule has 1 rings (SSSR count). The zero-order chi connectivity index (χ0) is 10.2. The molecule has 0 radical (unpaired) electrons. The van der Waals surface area contributed by atoms with E-state index in [1.165, 1.54) is 5.56 Å². The molecule has 78 valence electrons. The first-order valence-corrected chi connectivity index (χ1v) is 5.03. The van der Waals surface area contributed by atoms with Crippen molar-refractivity contribution in [2.75, 3.05) is 19.7 Å². The van der Waals surface area contributed by atoms with E-state index in [1.54, 1.807) is 6.20 Å². The van der Waals surface area contributed by atoms with E-state index in [-0.39, 0.29) is 0 Å². The van der Waals surface area contributed by atoms with Gasteiger partial charge in [-0.05, 0) is 25.1 Å². The minimum Gasteiger partial charge on any atom is -0.374 e. The molecular formula is C11H18N2O. The van der Waals surface area contributed by atoms with Crippen molar-refractivity contribution in [1.29, 1.82) is 0 Å². The van der Waals surface area contributed by atoms with Crippen molar-refractivity contribution in [3.05, 3.63) is 29.6 Å². The highest BCUT2D eigenvalue weighted by atomic mass is 16.5. The van der Waals surface area contributed by atoms with Gasteiger partial charge < -0.3 is 10.1 Å². The fraction of sp³-hybridized carbons (Fsp3) is 0.545. The van der Waals surface area contributed by atoms with Crippen molar-refractivity contribution >= 4 is 0 Å². The lowest BCUT2D eigenvalue weighted by Gasteiger charge is -2.06. The van der Waals surface area contributed by atoms with Gasteiger partial charge >= 0.3 is 0 Å². The summed E-state index contributed by atoms with van der Waals surface area (Å²) in [6.45, 7) is 7.38. The van der Waals surface area contributed by atoms with Crippen molar-refractivity contribution in [1.82, 2.24) is 10.3 Å². The second kappa shape index (κ2) is 6.51. The Labute approximate surface area is 85.5 Å². The summed E-state index contributed by atoms with van der Waals surface area (Å²) in [5, 5.41) is 3.20. The van der Waals surface area contributed by atoms with Gasteiger partial charge in [0.15, 0.2) is 0 Å². The molecule has 3 nitrogen and oxygen atoms in total. The predicted octanol–water partition coefficient (Wildman–Crippen LogP) is 1.52. The predicted molar refractivity (Wildman–Crippen MR) is 57.2 cm³/mol. The lowest BCUT2D eigenvalue weighted by Crippen LogP contribution is -2.19. The first-order chi connectivity index (χ1) is 6.84. The van der Waals surface area contributed by atoms with Crippen LogP contribution < -0.4 is 5.32 Å². The summed E-state index contributed by atoms with van der Waals surface area (Å²) < 4.78 is 5.48. The number of aromatic nitrogens is 1. The molecule has 0 fully saturated rings. The Morgan fingerprint density at radius 3 is 3.07 bits per heavy atom. The Kier molecular flexibility index (Phi) is 5.19. The molecule has 0 aliphatic heterocycles. The molecule has 0 spiro atoms. The quantitative estimate of drug-likeness (QED) is 0.697. The number of nitrogens with one attached hydrogen (secondary N) is 1. The van der Waals surface area contributed by atoms with Gasteiger partial charge in [-0.3, -0.25) is 4.98 Å². The van der Waals surface area contributed by atoms with Crippen LogP contribution in [0.3, 0.4) is 0 Å². The molecule has 0 aliphatic carbocycles. The smallest absolute Gasteiger partial charge is 0.0891 e. The fourth-order valence-electron chi connectivity index (χ4n) is 1.16. The van der Waals surface area contributed by atoms with Crippen molar-refractivity contribution in [2.24, 2.45) is 0 Å². The Hall–Kier alpha value is -0.930. The van der Waals surface area contributed by atoms with Crippen LogP contribution in [0.25, 0.3) is 0 Å². The number of rotatable bonds is 6. The maximum Gasteiger partial charge on any atom is 0.0891 e. The standard InChI is InChI=1S/C11H18N2O/c1-3-12-7-8-14-9-11-10(2)5-4-6-13-11/h4-6,12H,3,7-9H2,1-2H3. The molecule has 0 saturated heterocycles. The molecule has 3 heteroatoms. The van der Waals surface area contributed by atoms with Gasteiger partial charge in [0.25, 0.3) is 0 Å². The van der Waals surface area contributed by atoms with Crippen LogP contribution >= 0.6 is 0 Å². The molecule has 0 atom stereocenters. The van der Waals surface area contributed by atoms with E-state index in [9.17, 15) is 0 Å². The lowest BCUT2D eigenvalue weighted by molar-refractivity contribution is 0.120. The first-order valence-electron chi connectivity index (χ1n) is 5.03. The Bertz CT molecular complexity index is 263. The number of hydrogen-bond donors (Lipinski definition) is 1. The molecule has 1 aromatic rings. The lowest BCUT2D eigenvalue weighted by atomic mass is 10.2. The summed E-state index contributed by atoms with van der Waals surface area (Å²) in [5.74, 6) is 0. The molecule has 0 unspecified atom stereocenters. The molecule has 0 saturated carbocycles. The van der Waals surface area contributed by atoms with E-state index < -0.39 is 0 Å². The fourth-order valence-corrected chi connectivity index (χ4v) is 1.16. The van der Waals surface area contributed by atoms with Crippen molar-refractivity contribution in [3.63, 3.8) is 0 Å². The van der Waals surface area contributed by atoms with Gasteiger partial charge in [-0.25, -0.2) is 0 Å². The van der Waals surface area contributed by atoms with Crippen LogP contribution in [0.4, 0.5) is 0 Å². The molecule has 0 aromatic carbocycles. The third-order valence-electron chi connectivity index (χ3n) is 2.03. The largest absolute Gasteiger partial charge is 0.374 e. The van der Waals surface area contributed by atoms with E-state index in [4.69, 9.17) is 4.74 Å². The van der Waals surface area contributed by atoms with Crippen LogP contribution in [-0.2, 0) is 11.3 Å². The zero-order valence-corrected chi connectivity index (χ0v) is 8.92. The van der Waals surface area contributed by atoms with Crippen LogP contribution in [0.15, 0.2) is 18.3 Å². The van der Waals surface area contributed by atoms with Crippen LogP contribution in [-0.4, -0.2) is 24.7 Å². The molecule has 1 N–H and O–H groups in total. The molecule has 0 aliphatic rings. The highest BCUT2D eigenvalue weighted by molar-refractivity contribution is 5.16. The summed E-state index contributed by atoms with van der Waals surface area (Å²) in [6, 6.07) is 3.99. The third-order valence-corrected chi connectivity index (χ3v) is 2.03. The first kappa shape index (κ1) is 11.1. The van der Waals surface area contributed by atoms with E-state index >= 15 is 0 Å². The minimum atomic E-state index is 0.609. The highest BCUT2D eigenvalue weighted by Crippen LogP contribution is 2.03. The minimum absolute atomic E-state index is 0.609. The maximum absolute atomic E-state index is 5.48. The summed E-state index contributed by atoms with van der Waals surface area (Å²) in [6.07, 6.45) is 1.80. The van der Waals surface area contributed by atoms with Crippen LogP contribution in [0, 0.1) is 6.92 Å². The van der Waals surface area contributed by atoms with E-state index in [0.717, 1.165) is 25.4 Å². The van der Waals surface area contributed by atoms with Crippen LogP contribution in [0.5, 0.6) is 0 Å². The average molecular weight is 194 g/mol. The summed E-state index contributed by atoms with van der Waals surface area (Å²) in [5.41, 5.74) is 2.22. The topological polar surface area (TPSA) is 34.1 Å². The van der Waals surface area contributed by atoms with Gasteiger partial charge in [0, 0.05) is 12.7 Å². The number of hydrogen-bond acceptors (Lipinski definition) is 3. The van der Waals surface area contributed by atoms with Crippen molar-refractivity contribution in [2.45, 2.75) is 20.5 Å². The monoisotopic (exact) mass is 194 g/mol. The highest BCUT2D eigenvalue weighted by Gasteiger charge is 1.97. The zero-order valence-electron chi connectivity index (χ0n) is 8.92. The van der Waals surface area contributed by atoms with Gasteiger partial charge in [-0.1, -0.05) is 13.0 Å². The van der Waals surface area contributed by atoms with Crippen LogP contribution in [0.2, 0.25) is 0 Å². The number of nitrogens with zero attached hydrogens (tertiary/aromatic N) is 1. The van der Waals surface area contributed by atoms with Crippen molar-refractivity contribution in [3.8, 4) is 0 Å². The summed E-state index contributed by atoms with van der Waals surface area (Å²) in [7, 11) is 0. The van der Waals surface area contributed by atoms with E-state index in [2.05, 4.69) is 30.2 Å². The Balaban J connectivity index is 2.21. The van der Waals surface area contributed by atoms with Gasteiger partial charge in [-0.2, -0.15) is 0 Å². The van der Waals surface area contributed by atoms with Gasteiger partial charge in [0.2, 0.25) is 0 Å². The maximum atomic E-state index is 5.48. The molecule has 1 aromatic heterocycles. The van der Waals surface area contributed by atoms with Crippen LogP contribution in [0.1, 0.15) is 18.2 Å². The molecule has 0 amide bonds. The second-order valence-corrected chi connectivity index (χ2v) is 3.17. The van der Waals surface area contributed by atoms with E-state index in [0.29, 0.717) is 6.61 Å². The normalized spacial score (nSPS) is 10.4. The summed E-state index contributed by atoms with van der Waals surface area (Å²) >= 11 is 0. The number of ether oxygens (including phenoxy) is 1. The SMILES string of the molecule is CCNCCOCc1ncccc1C. The van der Waals surface area contributed by atoms with Crippen molar-refractivity contribution < 1.29 is 4.74 Å². The Morgan fingerprint density at radius 2 is 2.36 bits per heavy atom. The van der Waals surface area contributed by atoms with Gasteiger partial charge in [0.1, 0.15) is 0 Å². The van der Waals surface area contributed by atoms with Gasteiger partial charge in [0.05, 0.1) is 18.9 Å². The molecule has 14 heavy (non-hydrogen) atoms. The average Bonchev–Trinajstić information content (AvgIpc) is 2.20. The number of likely N-dealkylation sites (N-methyl/N-ethyl adjacent to an activating group) is 1.